The van der Waals surface area contributed by atoms with Crippen molar-refractivity contribution in [3.8, 4) is 5.75 Å². The van der Waals surface area contributed by atoms with Crippen LogP contribution in [0.25, 0.3) is 10.9 Å². The molecular formula is C22H31N5O5S2. The number of hydrogen-bond donors (Lipinski definition) is 3. The summed E-state index contributed by atoms with van der Waals surface area (Å²) >= 11 is 3.00. The lowest BCUT2D eigenvalue weighted by Gasteiger charge is -2.10. The third kappa shape index (κ3) is 7.37. The number of nitrogens with two attached hydrogens (primary N) is 1. The summed E-state index contributed by atoms with van der Waals surface area (Å²) in [6.07, 6.45) is 2.08. The molecule has 186 valence electrons. The average molecular weight is 510 g/mol. The van der Waals surface area contributed by atoms with Gasteiger partial charge in [-0.2, -0.15) is 0 Å². The van der Waals surface area contributed by atoms with Crippen molar-refractivity contribution in [2.24, 2.45) is 10.7 Å². The number of pyridine rings is 1. The van der Waals surface area contributed by atoms with Crippen molar-refractivity contribution in [3.05, 3.63) is 48.3 Å². The van der Waals surface area contributed by atoms with Crippen LogP contribution in [0.5, 0.6) is 5.75 Å². The quantitative estimate of drug-likeness (QED) is 0.277. The maximum Gasteiger partial charge on any atom is 0.218 e. The number of amides is 1. The molecule has 3 heterocycles. The molecule has 1 atom stereocenters. The molecule has 0 fully saturated rings. The number of primary amides is 1. The third-order valence-corrected chi connectivity index (χ3v) is 6.53. The predicted octanol–water partition coefficient (Wildman–Crippen LogP) is 2.43. The van der Waals surface area contributed by atoms with Crippen LogP contribution in [0.4, 0.5) is 5.69 Å². The highest BCUT2D eigenvalue weighted by Gasteiger charge is 2.24. The second-order valence-electron chi connectivity index (χ2n) is 6.89. The molecule has 2 aromatic heterocycles. The molecule has 4 rings (SSSR count). The highest BCUT2D eigenvalue weighted by molar-refractivity contribution is 8.15. The molecule has 0 saturated heterocycles. The van der Waals surface area contributed by atoms with Crippen LogP contribution in [0.2, 0.25) is 0 Å². The van der Waals surface area contributed by atoms with E-state index in [1.807, 2.05) is 36.4 Å². The molecule has 0 bridgehead atoms. The van der Waals surface area contributed by atoms with Gasteiger partial charge in [-0.1, -0.05) is 25.3 Å². The Morgan fingerprint density at radius 1 is 1.29 bits per heavy atom. The van der Waals surface area contributed by atoms with Crippen molar-refractivity contribution in [1.82, 2.24) is 9.97 Å². The first kappa shape index (κ1) is 29.3. The zero-order valence-electron chi connectivity index (χ0n) is 18.0. The smallest absolute Gasteiger partial charge is 0.218 e. The Bertz CT molecular complexity index is 1090. The van der Waals surface area contributed by atoms with Crippen molar-refractivity contribution in [2.75, 3.05) is 31.6 Å². The number of nitrogens with one attached hydrogen (secondary N) is 2. The van der Waals surface area contributed by atoms with E-state index in [0.717, 1.165) is 38.1 Å². The fourth-order valence-electron chi connectivity index (χ4n) is 3.15. The highest BCUT2D eigenvalue weighted by atomic mass is 32.2. The van der Waals surface area contributed by atoms with E-state index in [2.05, 4.69) is 19.7 Å². The van der Waals surface area contributed by atoms with Crippen LogP contribution in [0.3, 0.4) is 0 Å². The summed E-state index contributed by atoms with van der Waals surface area (Å²) in [6, 6.07) is 11.8. The minimum absolute atomic E-state index is 0. The Labute approximate surface area is 206 Å². The molecule has 0 radical (unpaired) electrons. The van der Waals surface area contributed by atoms with Gasteiger partial charge in [0.2, 0.25) is 5.91 Å². The molecule has 1 aliphatic heterocycles. The van der Waals surface area contributed by atoms with Crippen LogP contribution in [0.15, 0.2) is 52.6 Å². The minimum Gasteiger partial charge on any atom is -0.491 e. The maximum atomic E-state index is 11.2. The molecule has 3 aromatic rings. The first-order valence-corrected chi connectivity index (χ1v) is 11.4. The third-order valence-electron chi connectivity index (χ3n) is 4.54. The van der Waals surface area contributed by atoms with Crippen molar-refractivity contribution >= 4 is 51.3 Å². The van der Waals surface area contributed by atoms with Crippen molar-refractivity contribution in [2.45, 2.75) is 24.1 Å². The monoisotopic (exact) mass is 509 g/mol. The molecule has 34 heavy (non-hydrogen) atoms. The van der Waals surface area contributed by atoms with Crippen LogP contribution < -0.4 is 15.2 Å². The lowest BCUT2D eigenvalue weighted by molar-refractivity contribution is -0.117. The van der Waals surface area contributed by atoms with Crippen LogP contribution >= 0.6 is 23.7 Å². The number of anilines is 1. The van der Waals surface area contributed by atoms with Gasteiger partial charge < -0.3 is 35.9 Å². The van der Waals surface area contributed by atoms with Gasteiger partial charge in [0.1, 0.15) is 22.4 Å². The molecule has 0 aliphatic carbocycles. The van der Waals surface area contributed by atoms with Crippen molar-refractivity contribution in [3.63, 3.8) is 0 Å². The molecular weight excluding hydrogens is 478 g/mol. The molecule has 1 unspecified atom stereocenters. The van der Waals surface area contributed by atoms with E-state index >= 15 is 0 Å². The summed E-state index contributed by atoms with van der Waals surface area (Å²) in [5.41, 5.74) is 8.07. The second kappa shape index (κ2) is 13.8. The number of benzene rings is 1. The SMILES string of the molecule is C.COCCOc1cc(NSc2ccccn2)c2[nH]c(C3=NCC(CC(N)=O)S3)cc2c1.O.O. The first-order chi connectivity index (χ1) is 15.1. The zero-order chi connectivity index (χ0) is 21.6. The largest absolute Gasteiger partial charge is 0.491 e. The van der Waals surface area contributed by atoms with Gasteiger partial charge in [-0.15, -0.1) is 0 Å². The number of aromatic nitrogens is 2. The summed E-state index contributed by atoms with van der Waals surface area (Å²) in [5, 5.41) is 2.82. The maximum absolute atomic E-state index is 11.2. The van der Waals surface area contributed by atoms with E-state index < -0.39 is 0 Å². The van der Waals surface area contributed by atoms with Crippen molar-refractivity contribution in [1.29, 1.82) is 0 Å². The Kier molecular flexibility index (Phi) is 11.9. The normalized spacial score (nSPS) is 14.4. The number of carbonyl (C=O) groups excluding carboxylic acids is 1. The number of thioether (sulfide) groups is 1. The van der Waals surface area contributed by atoms with Crippen LogP contribution in [-0.4, -0.2) is 64.0 Å². The van der Waals surface area contributed by atoms with Gasteiger partial charge in [0.15, 0.2) is 0 Å². The number of nitrogens with zero attached hydrogens (tertiary/aromatic N) is 2. The van der Waals surface area contributed by atoms with E-state index in [-0.39, 0.29) is 29.5 Å². The Balaban J connectivity index is 0.00000193. The summed E-state index contributed by atoms with van der Waals surface area (Å²) < 4.78 is 14.3. The first-order valence-electron chi connectivity index (χ1n) is 9.74. The average Bonchev–Trinajstić information content (AvgIpc) is 3.39. The fraction of sp³-hybridized carbons (Fsp3) is 0.318. The molecule has 10 nitrogen and oxygen atoms in total. The Morgan fingerprint density at radius 2 is 2.12 bits per heavy atom. The van der Waals surface area contributed by atoms with Gasteiger partial charge in [-0.3, -0.25) is 9.79 Å². The van der Waals surface area contributed by atoms with Gasteiger partial charge in [0.25, 0.3) is 0 Å². The lowest BCUT2D eigenvalue weighted by atomic mass is 10.2. The van der Waals surface area contributed by atoms with Gasteiger partial charge in [0, 0.05) is 48.4 Å². The summed E-state index contributed by atoms with van der Waals surface area (Å²) in [7, 11) is 1.65. The lowest BCUT2D eigenvalue weighted by Crippen LogP contribution is -2.18. The highest BCUT2D eigenvalue weighted by Crippen LogP contribution is 2.35. The zero-order valence-corrected chi connectivity index (χ0v) is 19.6. The van der Waals surface area contributed by atoms with Crippen molar-refractivity contribution < 1.29 is 25.2 Å². The standard InChI is InChI=1S/C21H23N5O3S2.CH4.2H2O/c1-28-6-7-29-14-8-13-9-17(21-24-12-15(30-21)11-18(22)27)25-20(13)16(10-14)26-31-19-4-2-3-5-23-19;;;/h2-5,8-10,15,25-26H,6-7,11-12H2,1H3,(H2,22,27);1H4;2*1H2. The predicted molar refractivity (Wildman–Crippen MR) is 140 cm³/mol. The van der Waals surface area contributed by atoms with Crippen LogP contribution in [-0.2, 0) is 9.53 Å². The topological polar surface area (TPSA) is 178 Å². The molecule has 8 N–H and O–H groups in total. The molecule has 0 spiro atoms. The molecule has 1 amide bonds. The molecule has 0 saturated carbocycles. The fourth-order valence-corrected chi connectivity index (χ4v) is 4.88. The number of aromatic amines is 1. The number of hydrogen-bond acceptors (Lipinski definition) is 8. The Morgan fingerprint density at radius 3 is 2.82 bits per heavy atom. The van der Waals surface area contributed by atoms with Gasteiger partial charge in [-0.25, -0.2) is 4.98 Å². The number of fused-ring (bicyclic) bond motifs is 1. The number of methoxy groups -OCH3 is 1. The number of H-pyrrole nitrogens is 1. The molecule has 1 aliphatic rings. The van der Waals surface area contributed by atoms with Gasteiger partial charge in [-0.05, 0) is 24.3 Å². The van der Waals surface area contributed by atoms with E-state index in [9.17, 15) is 4.79 Å². The Hall–Kier alpha value is -2.77. The summed E-state index contributed by atoms with van der Waals surface area (Å²) in [4.78, 5) is 23.6. The number of rotatable bonds is 10. The van der Waals surface area contributed by atoms with Crippen LogP contribution in [0, 0.1) is 0 Å². The number of ether oxygens (including phenoxy) is 2. The second-order valence-corrected chi connectivity index (χ2v) is 9.00. The van der Waals surface area contributed by atoms with E-state index in [4.69, 9.17) is 15.2 Å². The number of aliphatic imine (C=N–C) groups is 1. The molecule has 1 aromatic carbocycles. The minimum atomic E-state index is -0.304. The van der Waals surface area contributed by atoms with E-state index in [1.54, 1.807) is 25.1 Å². The van der Waals surface area contributed by atoms with E-state index in [0.29, 0.717) is 26.2 Å². The summed E-state index contributed by atoms with van der Waals surface area (Å²) in [6.45, 7) is 1.56. The number of carbonyl (C=O) groups is 1. The summed E-state index contributed by atoms with van der Waals surface area (Å²) in [5.74, 6) is 0.438. The van der Waals surface area contributed by atoms with E-state index in [1.165, 1.54) is 11.9 Å². The van der Waals surface area contributed by atoms with Gasteiger partial charge in [0.05, 0.1) is 30.0 Å². The molecule has 12 heteroatoms. The van der Waals surface area contributed by atoms with Gasteiger partial charge >= 0.3 is 0 Å². The van der Waals surface area contributed by atoms with Crippen LogP contribution in [0.1, 0.15) is 19.5 Å².